The molecule has 2 N–H and O–H groups in total. The Morgan fingerprint density at radius 1 is 1.31 bits per heavy atom. The van der Waals surface area contributed by atoms with Gasteiger partial charge in [0.25, 0.3) is 5.56 Å². The molecule has 0 radical (unpaired) electrons. The second-order valence-electron chi connectivity index (χ2n) is 8.29. The summed E-state index contributed by atoms with van der Waals surface area (Å²) in [6.07, 6.45) is -2.05. The van der Waals surface area contributed by atoms with Crippen molar-refractivity contribution in [3.63, 3.8) is 0 Å². The van der Waals surface area contributed by atoms with Crippen molar-refractivity contribution in [1.29, 1.82) is 0 Å². The number of nitrogens with zero attached hydrogens (tertiary/aromatic N) is 1. The van der Waals surface area contributed by atoms with E-state index in [9.17, 15) is 14.7 Å². The lowest BCUT2D eigenvalue weighted by atomic mass is 10.1. The number of aliphatic hydroxyl groups excluding tert-OH is 1. The quantitative estimate of drug-likeness (QED) is 0.738. The van der Waals surface area contributed by atoms with Gasteiger partial charge in [0.15, 0.2) is 14.5 Å². The van der Waals surface area contributed by atoms with Crippen LogP contribution in [0, 0.1) is 0 Å². The summed E-state index contributed by atoms with van der Waals surface area (Å²) in [5.74, 6) is 0. The van der Waals surface area contributed by atoms with Gasteiger partial charge < -0.3 is 19.0 Å². The van der Waals surface area contributed by atoms with Gasteiger partial charge in [0.2, 0.25) is 0 Å². The van der Waals surface area contributed by atoms with Crippen LogP contribution in [0.4, 0.5) is 0 Å². The highest BCUT2D eigenvalue weighted by Crippen LogP contribution is 2.42. The molecule has 1 aliphatic rings. The van der Waals surface area contributed by atoms with Crippen molar-refractivity contribution in [2.24, 2.45) is 0 Å². The summed E-state index contributed by atoms with van der Waals surface area (Å²) in [6.45, 7) is 12.2. The largest absolute Gasteiger partial charge is 0.408 e. The van der Waals surface area contributed by atoms with Gasteiger partial charge in [-0.15, -0.1) is 0 Å². The van der Waals surface area contributed by atoms with Crippen LogP contribution in [0.15, 0.2) is 21.9 Å². The molecule has 8 nitrogen and oxygen atoms in total. The van der Waals surface area contributed by atoms with Crippen LogP contribution in [-0.4, -0.2) is 54.5 Å². The molecule has 1 fully saturated rings. The first-order chi connectivity index (χ1) is 11.9. The van der Waals surface area contributed by atoms with Crippen molar-refractivity contribution in [1.82, 2.24) is 9.55 Å². The van der Waals surface area contributed by atoms with Crippen LogP contribution in [0.2, 0.25) is 18.1 Å². The molecule has 2 rings (SSSR count). The second kappa shape index (κ2) is 7.39. The van der Waals surface area contributed by atoms with E-state index in [0.717, 1.165) is 0 Å². The van der Waals surface area contributed by atoms with Crippen LogP contribution in [0.5, 0.6) is 0 Å². The van der Waals surface area contributed by atoms with Crippen LogP contribution in [0.3, 0.4) is 0 Å². The molecule has 2 heterocycles. The summed E-state index contributed by atoms with van der Waals surface area (Å²) in [5, 5.41) is 10.2. The summed E-state index contributed by atoms with van der Waals surface area (Å²) in [4.78, 5) is 25.8. The first-order valence-corrected chi connectivity index (χ1v) is 11.7. The van der Waals surface area contributed by atoms with Gasteiger partial charge in [-0.1, -0.05) is 20.8 Å². The average molecular weight is 387 g/mol. The van der Waals surface area contributed by atoms with Crippen LogP contribution >= 0.6 is 0 Å². The molecular weight excluding hydrogens is 356 g/mol. The Morgan fingerprint density at radius 2 is 1.92 bits per heavy atom. The first-order valence-electron chi connectivity index (χ1n) is 8.74. The van der Waals surface area contributed by atoms with Crippen LogP contribution in [0.1, 0.15) is 33.9 Å². The minimum absolute atomic E-state index is 0.0402. The van der Waals surface area contributed by atoms with Crippen molar-refractivity contribution in [2.45, 2.75) is 76.5 Å². The minimum Gasteiger partial charge on any atom is -0.408 e. The van der Waals surface area contributed by atoms with E-state index in [0.29, 0.717) is 0 Å². The molecular formula is C17H30N2O6Si. The number of aromatic nitrogens is 2. The third-order valence-electron chi connectivity index (χ3n) is 5.34. The fraction of sp³-hybridized carbons (Fsp3) is 0.765. The number of hydrogen-bond acceptors (Lipinski definition) is 6. The predicted molar refractivity (Wildman–Crippen MR) is 99.8 cm³/mol. The maximum absolute atomic E-state index is 12.2. The Balaban J connectivity index is 2.43. The molecule has 2 unspecified atom stereocenters. The van der Waals surface area contributed by atoms with E-state index in [1.807, 2.05) is 0 Å². The number of aliphatic hydroxyl groups is 1. The fourth-order valence-corrected chi connectivity index (χ4v) is 4.11. The van der Waals surface area contributed by atoms with Gasteiger partial charge in [-0.2, -0.15) is 0 Å². The number of H-pyrrole nitrogens is 1. The molecule has 9 heteroatoms. The maximum Gasteiger partial charge on any atom is 0.330 e. The molecule has 0 spiro atoms. The van der Waals surface area contributed by atoms with Crippen LogP contribution < -0.4 is 11.2 Å². The van der Waals surface area contributed by atoms with E-state index < -0.39 is 50.2 Å². The summed E-state index contributed by atoms with van der Waals surface area (Å²) >= 11 is 0. The van der Waals surface area contributed by atoms with Crippen LogP contribution in [0.25, 0.3) is 0 Å². The summed E-state index contributed by atoms with van der Waals surface area (Å²) in [7, 11) is -0.667. The Kier molecular flexibility index (Phi) is 5.98. The molecule has 1 saturated heterocycles. The minimum atomic E-state index is -2.19. The van der Waals surface area contributed by atoms with Gasteiger partial charge >= 0.3 is 5.69 Å². The molecule has 148 valence electrons. The summed E-state index contributed by atoms with van der Waals surface area (Å²) in [6, 6.07) is 1.25. The number of ether oxygens (including phenoxy) is 2. The number of methoxy groups -OCH3 is 1. The molecule has 26 heavy (non-hydrogen) atoms. The van der Waals surface area contributed by atoms with E-state index in [2.05, 4.69) is 38.8 Å². The van der Waals surface area contributed by atoms with Crippen molar-refractivity contribution >= 4 is 8.32 Å². The lowest BCUT2D eigenvalue weighted by Crippen LogP contribution is -2.51. The van der Waals surface area contributed by atoms with Gasteiger partial charge in [-0.25, -0.2) is 4.79 Å². The number of nitrogens with one attached hydrogen (secondary N) is 1. The average Bonchev–Trinajstić information content (AvgIpc) is 2.83. The Labute approximate surface area is 154 Å². The van der Waals surface area contributed by atoms with E-state index in [1.165, 1.54) is 23.9 Å². The highest BCUT2D eigenvalue weighted by atomic mass is 28.4. The maximum atomic E-state index is 12.2. The molecule has 1 aromatic rings. The highest BCUT2D eigenvalue weighted by molar-refractivity contribution is 6.74. The summed E-state index contributed by atoms with van der Waals surface area (Å²) in [5.41, 5.74) is -1.08. The van der Waals surface area contributed by atoms with E-state index in [1.54, 1.807) is 6.92 Å². The lowest BCUT2D eigenvalue weighted by molar-refractivity contribution is -0.0820. The fourth-order valence-electron chi connectivity index (χ4n) is 2.81. The SMILES string of the molecule is COC1C(O[Si](C)(C)C(C)(C)C)[C@@H]([C@@H](C)O)O[C@H]1n1ccc(=O)[nH]c1=O. The zero-order valence-corrected chi connectivity index (χ0v) is 17.5. The second-order valence-corrected chi connectivity index (χ2v) is 13.0. The number of rotatable bonds is 5. The van der Waals surface area contributed by atoms with Crippen molar-refractivity contribution in [3.8, 4) is 0 Å². The zero-order valence-electron chi connectivity index (χ0n) is 16.5. The number of hydrogen-bond donors (Lipinski definition) is 2. The van der Waals surface area contributed by atoms with Gasteiger partial charge in [0.05, 0.1) is 6.10 Å². The normalized spacial score (nSPS) is 28.3. The molecule has 1 aliphatic heterocycles. The van der Waals surface area contributed by atoms with Crippen molar-refractivity contribution < 1.29 is 19.0 Å². The Hall–Kier alpha value is -1.26. The third-order valence-corrected chi connectivity index (χ3v) is 9.81. The molecule has 0 aromatic carbocycles. The van der Waals surface area contributed by atoms with Gasteiger partial charge in [-0.3, -0.25) is 14.3 Å². The molecule has 5 atom stereocenters. The Morgan fingerprint density at radius 3 is 2.38 bits per heavy atom. The third kappa shape index (κ3) is 4.01. The Bertz CT molecular complexity index is 736. The van der Waals surface area contributed by atoms with Crippen LogP contribution in [-0.2, 0) is 13.9 Å². The zero-order chi connectivity index (χ0) is 19.9. The van der Waals surface area contributed by atoms with Crippen molar-refractivity contribution in [3.05, 3.63) is 33.1 Å². The molecule has 0 saturated carbocycles. The molecule has 0 amide bonds. The summed E-state index contributed by atoms with van der Waals surface area (Å²) < 4.78 is 19.4. The van der Waals surface area contributed by atoms with Crippen molar-refractivity contribution in [2.75, 3.05) is 7.11 Å². The predicted octanol–water partition coefficient (Wildman–Crippen LogP) is 1.22. The van der Waals surface area contributed by atoms with E-state index in [4.69, 9.17) is 13.9 Å². The van der Waals surface area contributed by atoms with Gasteiger partial charge in [0, 0.05) is 19.4 Å². The highest BCUT2D eigenvalue weighted by Gasteiger charge is 2.52. The first kappa shape index (κ1) is 21.0. The number of aromatic amines is 1. The van der Waals surface area contributed by atoms with E-state index >= 15 is 0 Å². The van der Waals surface area contributed by atoms with Gasteiger partial charge in [0.1, 0.15) is 18.3 Å². The topological polar surface area (TPSA) is 103 Å². The molecule has 1 aromatic heterocycles. The smallest absolute Gasteiger partial charge is 0.330 e. The van der Waals surface area contributed by atoms with Gasteiger partial charge in [-0.05, 0) is 25.1 Å². The monoisotopic (exact) mass is 386 g/mol. The molecule has 0 bridgehead atoms. The lowest BCUT2D eigenvalue weighted by Gasteiger charge is -2.40. The standard InChI is InChI=1S/C17H30N2O6Si/c1-10(20)12-13(25-26(6,7)17(2,3)4)14(23-5)15(24-12)19-9-8-11(21)18-16(19)22/h8-10,12-15,20H,1-7H3,(H,18,21,22)/t10-,12-,13?,14?,15-/m1/s1. The molecule has 0 aliphatic carbocycles. The van der Waals surface area contributed by atoms with E-state index in [-0.39, 0.29) is 5.04 Å².